The number of carboxylic acids is 1. The van der Waals surface area contributed by atoms with Crippen LogP contribution in [0.3, 0.4) is 0 Å². The van der Waals surface area contributed by atoms with Crippen LogP contribution < -0.4 is 10.6 Å². The van der Waals surface area contributed by atoms with Crippen molar-refractivity contribution in [2.75, 3.05) is 11.9 Å². The molecule has 0 aliphatic heterocycles. The predicted molar refractivity (Wildman–Crippen MR) is 160 cm³/mol. The highest BCUT2D eigenvalue weighted by atomic mass is 19.4. The zero-order valence-corrected chi connectivity index (χ0v) is 26.5. The van der Waals surface area contributed by atoms with Crippen LogP contribution in [0.1, 0.15) is 89.7 Å². The molecule has 0 radical (unpaired) electrons. The van der Waals surface area contributed by atoms with Crippen LogP contribution in [0.5, 0.6) is 0 Å². The van der Waals surface area contributed by atoms with Gasteiger partial charge in [0.15, 0.2) is 0 Å². The quantitative estimate of drug-likeness (QED) is 0.175. The highest BCUT2D eigenvalue weighted by Gasteiger charge is 2.37. The number of alkyl halides is 9. The summed E-state index contributed by atoms with van der Waals surface area (Å²) >= 11 is 0. The van der Waals surface area contributed by atoms with Gasteiger partial charge in [-0.3, -0.25) is 9.48 Å². The molecule has 6 nitrogen and oxygen atoms in total. The number of nitrogens with zero attached hydrogens (tertiary/aromatic N) is 2. The van der Waals surface area contributed by atoms with E-state index in [1.165, 1.54) is 23.7 Å². The van der Waals surface area contributed by atoms with Gasteiger partial charge in [0.05, 0.1) is 23.2 Å². The Morgan fingerprint density at radius 1 is 0.875 bits per heavy atom. The van der Waals surface area contributed by atoms with Crippen LogP contribution in [-0.2, 0) is 36.4 Å². The molecule has 1 unspecified atom stereocenters. The molecule has 1 heterocycles. The normalized spacial score (nSPS) is 18.2. The Morgan fingerprint density at radius 2 is 1.46 bits per heavy atom. The van der Waals surface area contributed by atoms with E-state index in [-0.39, 0.29) is 47.9 Å². The lowest BCUT2D eigenvalue weighted by atomic mass is 9.80. The van der Waals surface area contributed by atoms with Gasteiger partial charge in [-0.1, -0.05) is 6.07 Å². The van der Waals surface area contributed by atoms with Crippen molar-refractivity contribution in [3.63, 3.8) is 0 Å². The zero-order valence-electron chi connectivity index (χ0n) is 26.5. The summed E-state index contributed by atoms with van der Waals surface area (Å²) in [6, 6.07) is 4.99. The standard InChI is InChI=1S/C33H37F9N4O2/c1-18-8-27(20(3)43-15-22-6-4-21(5-7-22)12-30(47)48)24(13-28(18)33(40,41)42)16-44-29-9-19(2)46(45-29)17-23-10-25(31(34,35)36)14-26(11-23)32(37,38)39/h8-11,13-14,20-22,43H,4-7,12,15-17H2,1-3H3,(H,44,45)(H,47,48). The Hall–Kier alpha value is -3.75. The summed E-state index contributed by atoms with van der Waals surface area (Å²) in [5.74, 6) is -0.206. The molecule has 1 atom stereocenters. The van der Waals surface area contributed by atoms with Crippen molar-refractivity contribution in [1.29, 1.82) is 0 Å². The van der Waals surface area contributed by atoms with E-state index in [0.717, 1.165) is 31.7 Å². The Bertz CT molecular complexity index is 1560. The number of aryl methyl sites for hydroxylation is 2. The Labute approximate surface area is 271 Å². The molecule has 0 saturated heterocycles. The molecule has 4 rings (SSSR count). The SMILES string of the molecule is Cc1cc(C(C)NCC2CCC(CC(=O)O)CC2)c(CNc2cc(C)n(Cc3cc(C(F)(F)F)cc(C(F)(F)F)c3)n2)cc1C(F)(F)F. The Kier molecular flexibility index (Phi) is 11.1. The third-order valence-electron chi connectivity index (χ3n) is 8.82. The summed E-state index contributed by atoms with van der Waals surface area (Å²) in [5.41, 5.74) is -2.59. The molecular weight excluding hydrogens is 655 g/mol. The number of anilines is 1. The van der Waals surface area contributed by atoms with E-state index in [2.05, 4.69) is 15.7 Å². The van der Waals surface area contributed by atoms with E-state index in [1.807, 2.05) is 6.92 Å². The van der Waals surface area contributed by atoms with Gasteiger partial charge in [0.1, 0.15) is 5.82 Å². The first-order valence-electron chi connectivity index (χ1n) is 15.4. The molecule has 1 aliphatic carbocycles. The van der Waals surface area contributed by atoms with Crippen molar-refractivity contribution in [1.82, 2.24) is 15.1 Å². The number of carboxylic acid groups (broad SMARTS) is 1. The third kappa shape index (κ3) is 9.66. The van der Waals surface area contributed by atoms with E-state index >= 15 is 0 Å². The lowest BCUT2D eigenvalue weighted by molar-refractivity contribution is -0.143. The van der Waals surface area contributed by atoms with E-state index in [1.54, 1.807) is 6.92 Å². The number of rotatable bonds is 11. The summed E-state index contributed by atoms with van der Waals surface area (Å²) in [7, 11) is 0. The van der Waals surface area contributed by atoms with Crippen molar-refractivity contribution in [3.05, 3.63) is 81.0 Å². The van der Waals surface area contributed by atoms with Crippen LogP contribution in [-0.4, -0.2) is 27.4 Å². The minimum absolute atomic E-state index is 0.0449. The fourth-order valence-corrected chi connectivity index (χ4v) is 6.20. The van der Waals surface area contributed by atoms with E-state index in [9.17, 15) is 44.3 Å². The monoisotopic (exact) mass is 692 g/mol. The van der Waals surface area contributed by atoms with Crippen molar-refractivity contribution < 1.29 is 49.4 Å². The predicted octanol–water partition coefficient (Wildman–Crippen LogP) is 9.15. The summed E-state index contributed by atoms with van der Waals surface area (Å²) in [5, 5.41) is 19.7. The molecule has 0 bridgehead atoms. The second-order valence-corrected chi connectivity index (χ2v) is 12.6. The fraction of sp³-hybridized carbons (Fsp3) is 0.515. The lowest BCUT2D eigenvalue weighted by Gasteiger charge is -2.29. The second-order valence-electron chi connectivity index (χ2n) is 12.6. The fourth-order valence-electron chi connectivity index (χ4n) is 6.20. The first-order valence-corrected chi connectivity index (χ1v) is 15.4. The second kappa shape index (κ2) is 14.4. The largest absolute Gasteiger partial charge is 0.481 e. The molecule has 0 amide bonds. The molecule has 0 spiro atoms. The number of hydrogen-bond donors (Lipinski definition) is 3. The molecule has 1 saturated carbocycles. The number of aromatic nitrogens is 2. The van der Waals surface area contributed by atoms with Crippen LogP contribution in [0.2, 0.25) is 0 Å². The van der Waals surface area contributed by atoms with Gasteiger partial charge >= 0.3 is 24.5 Å². The van der Waals surface area contributed by atoms with Crippen LogP contribution in [0, 0.1) is 25.7 Å². The van der Waals surface area contributed by atoms with Crippen molar-refractivity contribution in [3.8, 4) is 0 Å². The molecule has 1 aromatic heterocycles. The maximum Gasteiger partial charge on any atom is 0.416 e. The molecule has 1 aliphatic rings. The topological polar surface area (TPSA) is 79.2 Å². The molecule has 1 fully saturated rings. The minimum atomic E-state index is -5.00. The van der Waals surface area contributed by atoms with Gasteiger partial charge in [0, 0.05) is 30.8 Å². The van der Waals surface area contributed by atoms with Crippen LogP contribution >= 0.6 is 0 Å². The van der Waals surface area contributed by atoms with E-state index < -0.39 is 47.7 Å². The highest BCUT2D eigenvalue weighted by molar-refractivity contribution is 5.67. The number of hydrogen-bond acceptors (Lipinski definition) is 4. The molecule has 2 aromatic carbocycles. The van der Waals surface area contributed by atoms with Gasteiger partial charge in [-0.25, -0.2) is 0 Å². The summed E-state index contributed by atoms with van der Waals surface area (Å²) in [6.45, 7) is 4.87. The summed E-state index contributed by atoms with van der Waals surface area (Å²) in [6.07, 6.45) is -11.2. The van der Waals surface area contributed by atoms with Crippen LogP contribution in [0.4, 0.5) is 45.3 Å². The number of nitrogens with one attached hydrogen (secondary N) is 2. The molecule has 15 heteroatoms. The highest BCUT2D eigenvalue weighted by Crippen LogP contribution is 2.38. The Balaban J connectivity index is 1.51. The molecule has 3 N–H and O–H groups in total. The summed E-state index contributed by atoms with van der Waals surface area (Å²) in [4.78, 5) is 11.0. The van der Waals surface area contributed by atoms with Gasteiger partial charge in [-0.2, -0.15) is 44.6 Å². The number of carbonyl (C=O) groups is 1. The molecule has 264 valence electrons. The lowest BCUT2D eigenvalue weighted by Crippen LogP contribution is -2.29. The average Bonchev–Trinajstić information content (AvgIpc) is 3.32. The van der Waals surface area contributed by atoms with Crippen molar-refractivity contribution in [2.45, 2.75) is 90.5 Å². The van der Waals surface area contributed by atoms with Gasteiger partial charge in [0.2, 0.25) is 0 Å². The maximum atomic E-state index is 13.9. The number of aliphatic carboxylic acids is 1. The van der Waals surface area contributed by atoms with Gasteiger partial charge in [-0.15, -0.1) is 0 Å². The van der Waals surface area contributed by atoms with E-state index in [4.69, 9.17) is 5.11 Å². The first kappa shape index (κ1) is 37.1. The van der Waals surface area contributed by atoms with Crippen LogP contribution in [0.25, 0.3) is 0 Å². The van der Waals surface area contributed by atoms with Gasteiger partial charge < -0.3 is 15.7 Å². The number of halogens is 9. The molecule has 3 aromatic rings. The summed E-state index contributed by atoms with van der Waals surface area (Å²) < 4.78 is 123. The third-order valence-corrected chi connectivity index (χ3v) is 8.82. The maximum absolute atomic E-state index is 13.9. The zero-order chi connectivity index (χ0) is 35.6. The smallest absolute Gasteiger partial charge is 0.416 e. The van der Waals surface area contributed by atoms with E-state index in [0.29, 0.717) is 41.4 Å². The average molecular weight is 693 g/mol. The van der Waals surface area contributed by atoms with Gasteiger partial charge in [0.25, 0.3) is 0 Å². The van der Waals surface area contributed by atoms with Crippen molar-refractivity contribution >= 4 is 11.8 Å². The minimum Gasteiger partial charge on any atom is -0.481 e. The van der Waals surface area contributed by atoms with Crippen LogP contribution in [0.15, 0.2) is 36.4 Å². The first-order chi connectivity index (χ1) is 22.2. The Morgan fingerprint density at radius 3 is 2.00 bits per heavy atom. The molecule has 48 heavy (non-hydrogen) atoms. The number of benzene rings is 2. The van der Waals surface area contributed by atoms with Gasteiger partial charge in [-0.05, 0) is 111 Å². The van der Waals surface area contributed by atoms with Crippen molar-refractivity contribution in [2.24, 2.45) is 11.8 Å². The molecular formula is C33H37F9N4O2.